The van der Waals surface area contributed by atoms with Crippen LogP contribution in [0.2, 0.25) is 0 Å². The molecule has 0 unspecified atom stereocenters. The van der Waals surface area contributed by atoms with Crippen molar-refractivity contribution in [3.05, 3.63) is 40.5 Å². The average molecular weight is 394 g/mol. The number of methoxy groups -OCH3 is 1. The van der Waals surface area contributed by atoms with E-state index in [0.717, 1.165) is 40.7 Å². The largest absolute Gasteiger partial charge is 0.497 e. The molecule has 6 heteroatoms. The van der Waals surface area contributed by atoms with Gasteiger partial charge in [-0.15, -0.1) is 0 Å². The minimum absolute atomic E-state index is 0.211. The molecule has 1 aliphatic heterocycles. The maximum absolute atomic E-state index is 13.2. The van der Waals surface area contributed by atoms with E-state index in [4.69, 9.17) is 9.15 Å². The third kappa shape index (κ3) is 2.82. The van der Waals surface area contributed by atoms with Crippen molar-refractivity contribution in [3.8, 4) is 5.75 Å². The van der Waals surface area contributed by atoms with E-state index in [9.17, 15) is 9.59 Å². The van der Waals surface area contributed by atoms with Crippen LogP contribution in [0.3, 0.4) is 0 Å². The number of benzene rings is 2. The Morgan fingerprint density at radius 2 is 1.69 bits per heavy atom. The maximum atomic E-state index is 13.2. The van der Waals surface area contributed by atoms with Gasteiger partial charge < -0.3 is 14.1 Å². The topological polar surface area (TPSA) is 63.0 Å². The van der Waals surface area contributed by atoms with E-state index in [1.165, 1.54) is 4.90 Å². The molecule has 0 N–H and O–H groups in total. The van der Waals surface area contributed by atoms with Crippen LogP contribution in [0.5, 0.6) is 5.75 Å². The number of imide groups is 1. The number of carbonyl (C=O) groups is 2. The van der Waals surface area contributed by atoms with Gasteiger partial charge in [0.25, 0.3) is 11.8 Å². The number of hydrogen-bond acceptors (Lipinski definition) is 5. The van der Waals surface area contributed by atoms with Crippen LogP contribution in [-0.2, 0) is 0 Å². The Bertz CT molecular complexity index is 1140. The van der Waals surface area contributed by atoms with Gasteiger partial charge in [0.1, 0.15) is 16.9 Å². The highest BCUT2D eigenvalue weighted by molar-refractivity contribution is 6.26. The number of nitrogens with zero attached hydrogens (tertiary/aromatic N) is 2. The Morgan fingerprint density at radius 1 is 1.03 bits per heavy atom. The van der Waals surface area contributed by atoms with Gasteiger partial charge >= 0.3 is 0 Å². The summed E-state index contributed by atoms with van der Waals surface area (Å²) in [7, 11) is 1.62. The van der Waals surface area contributed by atoms with Gasteiger partial charge in [0.05, 0.1) is 18.2 Å². The lowest BCUT2D eigenvalue weighted by Gasteiger charge is -2.21. The van der Waals surface area contributed by atoms with Crippen molar-refractivity contribution in [1.29, 1.82) is 0 Å². The van der Waals surface area contributed by atoms with Gasteiger partial charge in [0.2, 0.25) is 0 Å². The lowest BCUT2D eigenvalue weighted by atomic mass is 9.94. The zero-order valence-corrected chi connectivity index (χ0v) is 17.6. The summed E-state index contributed by atoms with van der Waals surface area (Å²) >= 11 is 0. The number of hydrogen-bond donors (Lipinski definition) is 0. The zero-order valence-electron chi connectivity index (χ0n) is 17.6. The number of ether oxygens (including phenoxy) is 1. The number of aryl methyl sites for hydroxylation is 2. The standard InChI is InChI=1S/C23H26N2O4/c1-6-24(7-2)10-11-25-22(26)19-13(3)18-16-12-15(28-5)8-9-17(16)29-21(18)14(4)20(19)23(25)27/h8-9,12H,6-7,10-11H2,1-5H3. The minimum atomic E-state index is -0.224. The van der Waals surface area contributed by atoms with Gasteiger partial charge in [-0.25, -0.2) is 0 Å². The average Bonchev–Trinajstić information content (AvgIpc) is 3.23. The Hall–Kier alpha value is -2.86. The van der Waals surface area contributed by atoms with Crippen LogP contribution >= 0.6 is 0 Å². The van der Waals surface area contributed by atoms with E-state index in [0.29, 0.717) is 35.4 Å². The van der Waals surface area contributed by atoms with E-state index < -0.39 is 0 Å². The fraction of sp³-hybridized carbons (Fsp3) is 0.391. The second kappa shape index (κ2) is 7.19. The summed E-state index contributed by atoms with van der Waals surface area (Å²) in [6.45, 7) is 10.8. The van der Waals surface area contributed by atoms with Crippen molar-refractivity contribution in [3.63, 3.8) is 0 Å². The number of amides is 2. The molecule has 29 heavy (non-hydrogen) atoms. The summed E-state index contributed by atoms with van der Waals surface area (Å²) < 4.78 is 11.5. The van der Waals surface area contributed by atoms with Crippen LogP contribution in [0, 0.1) is 13.8 Å². The van der Waals surface area contributed by atoms with Gasteiger partial charge in [-0.05, 0) is 50.7 Å². The van der Waals surface area contributed by atoms with Crippen LogP contribution in [0.25, 0.3) is 21.9 Å². The maximum Gasteiger partial charge on any atom is 0.262 e. The molecule has 0 atom stereocenters. The molecule has 3 aromatic rings. The molecule has 0 saturated heterocycles. The molecular formula is C23H26N2O4. The quantitative estimate of drug-likeness (QED) is 0.588. The van der Waals surface area contributed by atoms with Gasteiger partial charge in [0.15, 0.2) is 0 Å². The van der Waals surface area contributed by atoms with E-state index in [2.05, 4.69) is 18.7 Å². The lowest BCUT2D eigenvalue weighted by molar-refractivity contribution is 0.0638. The fourth-order valence-corrected chi connectivity index (χ4v) is 4.33. The molecule has 0 radical (unpaired) electrons. The van der Waals surface area contributed by atoms with Gasteiger partial charge in [-0.3, -0.25) is 14.5 Å². The molecule has 1 aliphatic rings. The monoisotopic (exact) mass is 394 g/mol. The highest BCUT2D eigenvalue weighted by atomic mass is 16.5. The Labute approximate surface area is 170 Å². The highest BCUT2D eigenvalue weighted by Crippen LogP contribution is 2.41. The molecule has 152 valence electrons. The van der Waals surface area contributed by atoms with Crippen LogP contribution in [0.1, 0.15) is 45.7 Å². The molecule has 0 bridgehead atoms. The van der Waals surface area contributed by atoms with E-state index in [-0.39, 0.29) is 11.8 Å². The number of furan rings is 1. The molecule has 0 aliphatic carbocycles. The summed E-state index contributed by atoms with van der Waals surface area (Å²) in [5.74, 6) is 0.288. The van der Waals surface area contributed by atoms with E-state index in [1.54, 1.807) is 7.11 Å². The van der Waals surface area contributed by atoms with Crippen molar-refractivity contribution in [2.24, 2.45) is 0 Å². The van der Waals surface area contributed by atoms with Crippen molar-refractivity contribution < 1.29 is 18.7 Å². The van der Waals surface area contributed by atoms with Crippen LogP contribution < -0.4 is 4.74 Å². The van der Waals surface area contributed by atoms with Crippen molar-refractivity contribution >= 4 is 33.8 Å². The Morgan fingerprint density at radius 3 is 2.31 bits per heavy atom. The van der Waals surface area contributed by atoms with Crippen molar-refractivity contribution in [1.82, 2.24) is 9.80 Å². The summed E-state index contributed by atoms with van der Waals surface area (Å²) in [6.07, 6.45) is 0. The second-order valence-electron chi connectivity index (χ2n) is 7.46. The fourth-order valence-electron chi connectivity index (χ4n) is 4.33. The second-order valence-corrected chi connectivity index (χ2v) is 7.46. The Kier molecular flexibility index (Phi) is 4.82. The van der Waals surface area contributed by atoms with Crippen LogP contribution in [0.15, 0.2) is 22.6 Å². The van der Waals surface area contributed by atoms with Crippen LogP contribution in [0.4, 0.5) is 0 Å². The molecule has 0 fully saturated rings. The molecule has 2 heterocycles. The first-order valence-electron chi connectivity index (χ1n) is 10.0. The van der Waals surface area contributed by atoms with E-state index >= 15 is 0 Å². The summed E-state index contributed by atoms with van der Waals surface area (Å²) in [6, 6.07) is 5.62. The zero-order chi connectivity index (χ0) is 20.9. The first-order chi connectivity index (χ1) is 13.9. The van der Waals surface area contributed by atoms with Gasteiger partial charge in [-0.2, -0.15) is 0 Å². The van der Waals surface area contributed by atoms with Gasteiger partial charge in [-0.1, -0.05) is 13.8 Å². The van der Waals surface area contributed by atoms with Crippen LogP contribution in [-0.4, -0.2) is 54.9 Å². The minimum Gasteiger partial charge on any atom is -0.497 e. The molecular weight excluding hydrogens is 368 g/mol. The molecule has 6 nitrogen and oxygen atoms in total. The first kappa shape index (κ1) is 19.5. The summed E-state index contributed by atoms with van der Waals surface area (Å²) in [5, 5.41) is 1.77. The van der Waals surface area contributed by atoms with E-state index in [1.807, 2.05) is 32.0 Å². The van der Waals surface area contributed by atoms with Gasteiger partial charge in [0, 0.05) is 29.4 Å². The predicted octanol–water partition coefficient (Wildman–Crippen LogP) is 4.15. The summed E-state index contributed by atoms with van der Waals surface area (Å²) in [4.78, 5) is 30.0. The molecule has 0 spiro atoms. The molecule has 2 amide bonds. The number of likely N-dealkylation sites (N-methyl/N-ethyl adjacent to an activating group) is 1. The number of carbonyl (C=O) groups excluding carboxylic acids is 2. The lowest BCUT2D eigenvalue weighted by Crippen LogP contribution is -2.38. The predicted molar refractivity (Wildman–Crippen MR) is 113 cm³/mol. The smallest absolute Gasteiger partial charge is 0.262 e. The molecule has 0 saturated carbocycles. The Balaban J connectivity index is 1.86. The normalized spacial score (nSPS) is 13.9. The molecule has 4 rings (SSSR count). The van der Waals surface area contributed by atoms with Crippen molar-refractivity contribution in [2.75, 3.05) is 33.3 Å². The third-order valence-electron chi connectivity index (χ3n) is 6.06. The van der Waals surface area contributed by atoms with Crippen molar-refractivity contribution in [2.45, 2.75) is 27.7 Å². The third-order valence-corrected chi connectivity index (χ3v) is 6.06. The SMILES string of the molecule is CCN(CC)CCN1C(=O)c2c(c(C)c3c(oc4ccc(OC)cc43)c2C)C1=O. The molecule has 2 aromatic carbocycles. The number of fused-ring (bicyclic) bond motifs is 4. The first-order valence-corrected chi connectivity index (χ1v) is 10.0. The number of rotatable bonds is 6. The molecule has 1 aromatic heterocycles. The summed E-state index contributed by atoms with van der Waals surface area (Å²) in [5.41, 5.74) is 3.87. The highest BCUT2D eigenvalue weighted by Gasteiger charge is 2.40.